The fourth-order valence-corrected chi connectivity index (χ4v) is 2.23. The van der Waals surface area contributed by atoms with Crippen molar-refractivity contribution in [1.29, 1.82) is 0 Å². The maximum absolute atomic E-state index is 12.0. The van der Waals surface area contributed by atoms with Crippen molar-refractivity contribution in [2.24, 2.45) is 0 Å². The number of rotatable bonds is 2. The van der Waals surface area contributed by atoms with Crippen molar-refractivity contribution in [3.05, 3.63) is 64.1 Å². The van der Waals surface area contributed by atoms with Crippen molar-refractivity contribution in [1.82, 2.24) is 5.32 Å². The molecule has 102 valence electrons. The van der Waals surface area contributed by atoms with Crippen LogP contribution in [0.2, 0.25) is 10.0 Å². The SMILES string of the molecule is O=C(NC(=S)Nc1ccccc1)c1ccc(Cl)cc1Cl. The summed E-state index contributed by atoms with van der Waals surface area (Å²) in [6.07, 6.45) is 0. The van der Waals surface area contributed by atoms with Crippen LogP contribution >= 0.6 is 35.4 Å². The average Bonchev–Trinajstić information content (AvgIpc) is 2.39. The van der Waals surface area contributed by atoms with E-state index in [1.165, 1.54) is 6.07 Å². The number of anilines is 1. The second-order valence-electron chi connectivity index (χ2n) is 3.90. The largest absolute Gasteiger partial charge is 0.332 e. The van der Waals surface area contributed by atoms with Gasteiger partial charge in [0.15, 0.2) is 5.11 Å². The third-order valence-corrected chi connectivity index (χ3v) is 3.19. The van der Waals surface area contributed by atoms with E-state index in [0.29, 0.717) is 10.6 Å². The summed E-state index contributed by atoms with van der Waals surface area (Å²) in [4.78, 5) is 12.0. The van der Waals surface area contributed by atoms with E-state index < -0.39 is 0 Å². The van der Waals surface area contributed by atoms with E-state index in [2.05, 4.69) is 10.6 Å². The number of benzene rings is 2. The van der Waals surface area contributed by atoms with Crippen LogP contribution in [0.5, 0.6) is 0 Å². The monoisotopic (exact) mass is 324 g/mol. The maximum atomic E-state index is 12.0. The third-order valence-electron chi connectivity index (χ3n) is 2.43. The van der Waals surface area contributed by atoms with Crippen molar-refractivity contribution < 1.29 is 4.79 Å². The van der Waals surface area contributed by atoms with Crippen LogP contribution in [0.4, 0.5) is 5.69 Å². The Bertz CT molecular complexity index is 647. The zero-order valence-electron chi connectivity index (χ0n) is 10.2. The van der Waals surface area contributed by atoms with Gasteiger partial charge in [-0.3, -0.25) is 10.1 Å². The van der Waals surface area contributed by atoms with E-state index in [-0.39, 0.29) is 16.0 Å². The van der Waals surface area contributed by atoms with Crippen molar-refractivity contribution in [2.75, 3.05) is 5.32 Å². The standard InChI is InChI=1S/C14H10Cl2N2OS/c15-9-6-7-11(12(16)8-9)13(19)18-14(20)17-10-4-2-1-3-5-10/h1-8H,(H2,17,18,19,20). The molecule has 0 atom stereocenters. The molecule has 1 amide bonds. The van der Waals surface area contributed by atoms with Crippen LogP contribution in [-0.2, 0) is 0 Å². The minimum Gasteiger partial charge on any atom is -0.332 e. The molecule has 0 unspecified atom stereocenters. The van der Waals surface area contributed by atoms with Crippen LogP contribution in [0.15, 0.2) is 48.5 Å². The van der Waals surface area contributed by atoms with Gasteiger partial charge in [-0.25, -0.2) is 0 Å². The molecule has 0 radical (unpaired) electrons. The Labute approximate surface area is 131 Å². The van der Waals surface area contributed by atoms with Gasteiger partial charge in [-0.2, -0.15) is 0 Å². The van der Waals surface area contributed by atoms with E-state index in [4.69, 9.17) is 35.4 Å². The van der Waals surface area contributed by atoms with Gasteiger partial charge in [0.2, 0.25) is 0 Å². The number of thiocarbonyl (C=S) groups is 1. The quantitative estimate of drug-likeness (QED) is 0.816. The molecule has 2 aromatic rings. The Hall–Kier alpha value is -1.62. The summed E-state index contributed by atoms with van der Waals surface area (Å²) in [7, 11) is 0. The van der Waals surface area contributed by atoms with Crippen LogP contribution in [-0.4, -0.2) is 11.0 Å². The number of hydrogen-bond acceptors (Lipinski definition) is 2. The Kier molecular flexibility index (Phi) is 4.95. The summed E-state index contributed by atoms with van der Waals surface area (Å²) in [5.41, 5.74) is 1.10. The van der Waals surface area contributed by atoms with Crippen LogP contribution in [0.1, 0.15) is 10.4 Å². The zero-order chi connectivity index (χ0) is 14.5. The van der Waals surface area contributed by atoms with E-state index >= 15 is 0 Å². The molecule has 0 aliphatic rings. The number of para-hydroxylation sites is 1. The van der Waals surface area contributed by atoms with Crippen LogP contribution in [0.3, 0.4) is 0 Å². The molecule has 0 aromatic heterocycles. The molecule has 0 bridgehead atoms. The van der Waals surface area contributed by atoms with E-state index in [1.54, 1.807) is 12.1 Å². The topological polar surface area (TPSA) is 41.1 Å². The molecule has 0 fully saturated rings. The lowest BCUT2D eigenvalue weighted by atomic mass is 10.2. The molecule has 0 saturated carbocycles. The summed E-state index contributed by atoms with van der Waals surface area (Å²) in [5, 5.41) is 6.41. The molecule has 0 saturated heterocycles. The molecule has 2 aromatic carbocycles. The number of amides is 1. The van der Waals surface area contributed by atoms with Gasteiger partial charge in [-0.05, 0) is 42.5 Å². The summed E-state index contributed by atoms with van der Waals surface area (Å²) >= 11 is 16.8. The second kappa shape index (κ2) is 6.70. The van der Waals surface area contributed by atoms with Gasteiger partial charge in [0.25, 0.3) is 5.91 Å². The maximum Gasteiger partial charge on any atom is 0.258 e. The molecule has 2 rings (SSSR count). The fourth-order valence-electron chi connectivity index (χ4n) is 1.53. The van der Waals surface area contributed by atoms with Crippen molar-refractivity contribution >= 4 is 52.1 Å². The Morgan fingerprint density at radius 2 is 1.75 bits per heavy atom. The molecule has 0 heterocycles. The van der Waals surface area contributed by atoms with E-state index in [9.17, 15) is 4.79 Å². The normalized spacial score (nSPS) is 9.90. The van der Waals surface area contributed by atoms with Gasteiger partial charge in [-0.1, -0.05) is 41.4 Å². The molecule has 0 spiro atoms. The number of halogens is 2. The molecular formula is C14H10Cl2N2OS. The number of nitrogens with one attached hydrogen (secondary N) is 2. The predicted octanol–water partition coefficient (Wildman–Crippen LogP) is 4.12. The molecular weight excluding hydrogens is 315 g/mol. The summed E-state index contributed by atoms with van der Waals surface area (Å²) in [6, 6.07) is 13.9. The number of carbonyl (C=O) groups excluding carboxylic acids is 1. The van der Waals surface area contributed by atoms with Gasteiger partial charge >= 0.3 is 0 Å². The van der Waals surface area contributed by atoms with Crippen LogP contribution < -0.4 is 10.6 Å². The van der Waals surface area contributed by atoms with Gasteiger partial charge in [0.05, 0.1) is 10.6 Å². The highest BCUT2D eigenvalue weighted by molar-refractivity contribution is 7.80. The van der Waals surface area contributed by atoms with E-state index in [0.717, 1.165) is 5.69 Å². The average molecular weight is 325 g/mol. The van der Waals surface area contributed by atoms with Crippen LogP contribution in [0.25, 0.3) is 0 Å². The first-order valence-electron chi connectivity index (χ1n) is 5.68. The first-order valence-corrected chi connectivity index (χ1v) is 6.85. The summed E-state index contributed by atoms with van der Waals surface area (Å²) < 4.78 is 0. The highest BCUT2D eigenvalue weighted by Gasteiger charge is 2.12. The van der Waals surface area contributed by atoms with Crippen molar-refractivity contribution in [3.63, 3.8) is 0 Å². The van der Waals surface area contributed by atoms with Crippen molar-refractivity contribution in [2.45, 2.75) is 0 Å². The Balaban J connectivity index is 2.02. The first kappa shape index (κ1) is 14.8. The highest BCUT2D eigenvalue weighted by atomic mass is 35.5. The molecule has 6 heteroatoms. The molecule has 3 nitrogen and oxygen atoms in total. The fraction of sp³-hybridized carbons (Fsp3) is 0. The lowest BCUT2D eigenvalue weighted by Gasteiger charge is -2.10. The summed E-state index contributed by atoms with van der Waals surface area (Å²) in [5.74, 6) is -0.389. The summed E-state index contributed by atoms with van der Waals surface area (Å²) in [6.45, 7) is 0. The van der Waals surface area contributed by atoms with Gasteiger partial charge < -0.3 is 5.32 Å². The lowest BCUT2D eigenvalue weighted by Crippen LogP contribution is -2.34. The molecule has 2 N–H and O–H groups in total. The smallest absolute Gasteiger partial charge is 0.258 e. The second-order valence-corrected chi connectivity index (χ2v) is 5.15. The number of carbonyl (C=O) groups is 1. The Morgan fingerprint density at radius 3 is 2.40 bits per heavy atom. The lowest BCUT2D eigenvalue weighted by molar-refractivity contribution is 0.0978. The molecule has 0 aliphatic heterocycles. The highest BCUT2D eigenvalue weighted by Crippen LogP contribution is 2.20. The Morgan fingerprint density at radius 1 is 1.05 bits per heavy atom. The molecule has 20 heavy (non-hydrogen) atoms. The van der Waals surface area contributed by atoms with Crippen molar-refractivity contribution in [3.8, 4) is 0 Å². The van der Waals surface area contributed by atoms with Gasteiger partial charge in [-0.15, -0.1) is 0 Å². The zero-order valence-corrected chi connectivity index (χ0v) is 12.5. The van der Waals surface area contributed by atoms with Gasteiger partial charge in [0, 0.05) is 10.7 Å². The minimum absolute atomic E-state index is 0.201. The van der Waals surface area contributed by atoms with Gasteiger partial charge in [0.1, 0.15) is 0 Å². The first-order chi connectivity index (χ1) is 9.56. The minimum atomic E-state index is -0.389. The van der Waals surface area contributed by atoms with E-state index in [1.807, 2.05) is 30.3 Å². The molecule has 0 aliphatic carbocycles. The third kappa shape index (κ3) is 3.93. The number of hydrogen-bond donors (Lipinski definition) is 2. The van der Waals surface area contributed by atoms with Crippen LogP contribution in [0, 0.1) is 0 Å². The predicted molar refractivity (Wildman–Crippen MR) is 86.6 cm³/mol.